The van der Waals surface area contributed by atoms with Crippen molar-refractivity contribution < 1.29 is 43.5 Å². The van der Waals surface area contributed by atoms with Crippen molar-refractivity contribution in [2.45, 2.75) is 22.7 Å². The highest BCUT2D eigenvalue weighted by Crippen LogP contribution is 2.45. The second kappa shape index (κ2) is 13.6. The Morgan fingerprint density at radius 1 is 1.33 bits per heavy atom. The van der Waals surface area contributed by atoms with E-state index in [0.717, 1.165) is 27.9 Å². The minimum absolute atomic E-state index is 0.116. The van der Waals surface area contributed by atoms with Crippen LogP contribution in [-0.4, -0.2) is 76.3 Å². The molecule has 2 amide bonds. The van der Waals surface area contributed by atoms with E-state index in [0.29, 0.717) is 20.8 Å². The SMILES string of the molecule is CCO/N=C(\C(=O)NC1C(=O)N2C(C(=O)[O-])=C(Sc3nc(-c4cc[n+](C)cc4)cs3)CS[C@H]12)c1nsc(ONP(O)O)n1. The van der Waals surface area contributed by atoms with Gasteiger partial charge in [0, 0.05) is 45.3 Å². The van der Waals surface area contributed by atoms with Crippen LogP contribution in [0.5, 0.6) is 5.19 Å². The molecule has 0 bridgehead atoms. The predicted octanol–water partition coefficient (Wildman–Crippen LogP) is -0.525. The summed E-state index contributed by atoms with van der Waals surface area (Å²) in [6.07, 6.45) is 3.80. The van der Waals surface area contributed by atoms with Crippen molar-refractivity contribution in [1.29, 1.82) is 0 Å². The molecule has 0 saturated carbocycles. The summed E-state index contributed by atoms with van der Waals surface area (Å²) < 4.78 is 6.47. The number of carboxylic acids is 1. The van der Waals surface area contributed by atoms with Gasteiger partial charge in [-0.25, -0.2) is 9.55 Å². The fourth-order valence-corrected chi connectivity index (χ4v) is 8.01. The molecule has 21 heteroatoms. The van der Waals surface area contributed by atoms with Crippen molar-refractivity contribution in [3.05, 3.63) is 46.3 Å². The van der Waals surface area contributed by atoms with E-state index >= 15 is 0 Å². The number of nitrogens with zero attached hydrogens (tertiary/aromatic N) is 6. The third-order valence-electron chi connectivity index (χ3n) is 5.71. The van der Waals surface area contributed by atoms with Gasteiger partial charge in [-0.1, -0.05) is 22.2 Å². The van der Waals surface area contributed by atoms with Crippen molar-refractivity contribution in [3.63, 3.8) is 0 Å². The molecule has 5 rings (SSSR count). The minimum atomic E-state index is -2.57. The molecule has 43 heavy (non-hydrogen) atoms. The number of fused-ring (bicyclic) bond motifs is 1. The first kappa shape index (κ1) is 31.2. The number of amides is 2. The number of carboxylic acid groups (broad SMARTS) is 1. The van der Waals surface area contributed by atoms with E-state index < -0.39 is 37.7 Å². The zero-order valence-corrected chi connectivity index (χ0v) is 26.2. The van der Waals surface area contributed by atoms with Gasteiger partial charge in [0.2, 0.25) is 11.5 Å². The van der Waals surface area contributed by atoms with E-state index in [-0.39, 0.29) is 34.8 Å². The number of nitrogens with one attached hydrogen (secondary N) is 2. The summed E-state index contributed by atoms with van der Waals surface area (Å²) in [6, 6.07) is 2.77. The molecular weight excluding hydrogens is 664 g/mol. The van der Waals surface area contributed by atoms with Crippen LogP contribution in [0.4, 0.5) is 0 Å². The Balaban J connectivity index is 1.30. The molecule has 5 heterocycles. The van der Waals surface area contributed by atoms with Crippen LogP contribution in [0.25, 0.3) is 11.3 Å². The van der Waals surface area contributed by atoms with Gasteiger partial charge in [-0.3, -0.25) is 14.5 Å². The first-order valence-electron chi connectivity index (χ1n) is 12.1. The lowest BCUT2D eigenvalue weighted by Crippen LogP contribution is -2.71. The minimum Gasteiger partial charge on any atom is -0.543 e. The van der Waals surface area contributed by atoms with Crippen LogP contribution in [-0.2, 0) is 26.3 Å². The van der Waals surface area contributed by atoms with E-state index in [2.05, 4.69) is 24.8 Å². The normalized spacial score (nSPS) is 18.4. The number of carbonyl (C=O) groups excluding carboxylic acids is 3. The number of aliphatic carboxylic acids is 1. The second-order valence-electron chi connectivity index (χ2n) is 8.50. The molecule has 1 fully saturated rings. The number of aryl methyl sites for hydroxylation is 1. The Bertz CT molecular complexity index is 1600. The Morgan fingerprint density at radius 2 is 2.09 bits per heavy atom. The number of aromatic nitrogens is 4. The number of carbonyl (C=O) groups is 3. The summed E-state index contributed by atoms with van der Waals surface area (Å²) in [5.41, 5.74) is 1.02. The van der Waals surface area contributed by atoms with Crippen LogP contribution in [0.2, 0.25) is 0 Å². The number of rotatable bonds is 12. The molecule has 3 aromatic heterocycles. The van der Waals surface area contributed by atoms with Crippen LogP contribution in [0.3, 0.4) is 0 Å². The predicted molar refractivity (Wildman–Crippen MR) is 155 cm³/mol. The van der Waals surface area contributed by atoms with Crippen molar-refractivity contribution >= 4 is 78.4 Å². The van der Waals surface area contributed by atoms with Crippen LogP contribution < -0.4 is 25.1 Å². The van der Waals surface area contributed by atoms with Gasteiger partial charge in [-0.15, -0.1) is 23.1 Å². The van der Waals surface area contributed by atoms with Crippen molar-refractivity contribution in [1.82, 2.24) is 29.8 Å². The molecule has 2 aliphatic heterocycles. The number of oxime groups is 1. The third kappa shape index (κ3) is 6.96. The van der Waals surface area contributed by atoms with Crippen molar-refractivity contribution in [2.24, 2.45) is 12.2 Å². The van der Waals surface area contributed by atoms with Crippen LogP contribution in [0.1, 0.15) is 12.7 Å². The molecule has 4 N–H and O–H groups in total. The van der Waals surface area contributed by atoms with Gasteiger partial charge in [0.05, 0.1) is 17.4 Å². The van der Waals surface area contributed by atoms with Gasteiger partial charge in [-0.05, 0) is 6.92 Å². The quantitative estimate of drug-likeness (QED) is 0.0621. The maximum Gasteiger partial charge on any atom is 0.314 e. The van der Waals surface area contributed by atoms with Crippen LogP contribution in [0, 0.1) is 0 Å². The molecule has 226 valence electrons. The van der Waals surface area contributed by atoms with E-state index in [1.54, 1.807) is 6.92 Å². The Morgan fingerprint density at radius 3 is 2.79 bits per heavy atom. The fourth-order valence-electron chi connectivity index (χ4n) is 3.82. The lowest BCUT2D eigenvalue weighted by Gasteiger charge is -2.50. The molecule has 0 spiro atoms. The molecular formula is C22H21N8O8PS4. The van der Waals surface area contributed by atoms with Crippen LogP contribution in [0.15, 0.2) is 50.0 Å². The number of hydrogen-bond donors (Lipinski definition) is 4. The van der Waals surface area contributed by atoms with Gasteiger partial charge < -0.3 is 34.7 Å². The zero-order valence-electron chi connectivity index (χ0n) is 22.1. The Kier molecular flexibility index (Phi) is 9.87. The molecule has 2 aliphatic rings. The number of β-lactam (4-membered cyclic amide) rings is 1. The maximum atomic E-state index is 13.2. The van der Waals surface area contributed by atoms with Gasteiger partial charge in [0.25, 0.3) is 20.3 Å². The Hall–Kier alpha value is -3.23. The molecule has 0 radical (unpaired) electrons. The van der Waals surface area contributed by atoms with Gasteiger partial charge in [0.15, 0.2) is 16.7 Å². The Labute approximate surface area is 260 Å². The molecule has 1 saturated heterocycles. The van der Waals surface area contributed by atoms with E-state index in [1.807, 2.05) is 46.8 Å². The maximum absolute atomic E-state index is 13.2. The molecule has 1 unspecified atom stereocenters. The van der Waals surface area contributed by atoms with Crippen molar-refractivity contribution in [2.75, 3.05) is 12.4 Å². The van der Waals surface area contributed by atoms with E-state index in [4.69, 9.17) is 19.5 Å². The van der Waals surface area contributed by atoms with Gasteiger partial charge >= 0.3 is 5.19 Å². The average Bonchev–Trinajstić information content (AvgIpc) is 3.65. The highest BCUT2D eigenvalue weighted by atomic mass is 32.2. The number of thioether (sulfide) groups is 2. The molecule has 0 aromatic carbocycles. The monoisotopic (exact) mass is 684 g/mol. The second-order valence-corrected chi connectivity index (χ2v) is 13.3. The first-order chi connectivity index (χ1) is 20.7. The highest BCUT2D eigenvalue weighted by molar-refractivity contribution is 8.07. The zero-order chi connectivity index (χ0) is 30.7. The molecule has 3 aromatic rings. The smallest absolute Gasteiger partial charge is 0.314 e. The lowest BCUT2D eigenvalue weighted by atomic mass is 10.0. The summed E-state index contributed by atoms with van der Waals surface area (Å²) in [5, 5.41) is 21.4. The molecule has 16 nitrogen and oxygen atoms in total. The number of hydrogen-bond acceptors (Lipinski definition) is 17. The number of pyridine rings is 1. The molecule has 0 aliphatic carbocycles. The fraction of sp³-hybridized carbons (Fsp3) is 0.273. The summed E-state index contributed by atoms with van der Waals surface area (Å²) >= 11 is 4.48. The number of thiazole rings is 1. The summed E-state index contributed by atoms with van der Waals surface area (Å²) in [6.45, 7) is 1.75. The summed E-state index contributed by atoms with van der Waals surface area (Å²) in [4.78, 5) is 76.3. The van der Waals surface area contributed by atoms with E-state index in [1.165, 1.54) is 23.1 Å². The van der Waals surface area contributed by atoms with Crippen LogP contribution >= 0.6 is 54.9 Å². The van der Waals surface area contributed by atoms with E-state index in [9.17, 15) is 19.5 Å². The average molecular weight is 685 g/mol. The standard InChI is InChI=1S/C22H21N8O8PS4/c1-3-37-26-13(16-25-21(43-27-16)38-28-39(35)36)17(31)24-14-18(32)30-15(20(33)34)12(9-40-19(14)30)42-22-23-11(8-41-22)10-4-6-29(2)7-5-10/h4-8,14,19,28,35-36H,3,9H2,1-2H3,(H-,24,31,33,34)/b26-13-/t14?,19-/m1/s1. The summed E-state index contributed by atoms with van der Waals surface area (Å²) in [5.74, 6) is -2.97. The van der Waals surface area contributed by atoms with Gasteiger partial charge in [-0.2, -0.15) is 9.36 Å². The third-order valence-corrected chi connectivity index (χ3v) is 10.0. The lowest BCUT2D eigenvalue weighted by molar-refractivity contribution is -0.671. The first-order valence-corrected chi connectivity index (χ1v) is 16.9. The highest BCUT2D eigenvalue weighted by Gasteiger charge is 2.53. The molecule has 2 atom stereocenters. The van der Waals surface area contributed by atoms with Crippen molar-refractivity contribution in [3.8, 4) is 16.5 Å². The largest absolute Gasteiger partial charge is 0.543 e. The van der Waals surface area contributed by atoms with Gasteiger partial charge in [0.1, 0.15) is 25.1 Å². The summed E-state index contributed by atoms with van der Waals surface area (Å²) in [7, 11) is -0.667. The topological polar surface area (TPSA) is 215 Å².